The number of carbonyl (C=O) groups excluding carboxylic acids is 1. The lowest BCUT2D eigenvalue weighted by Gasteiger charge is -2.28. The summed E-state index contributed by atoms with van der Waals surface area (Å²) in [5.41, 5.74) is 6.30. The lowest BCUT2D eigenvalue weighted by atomic mass is 9.96. The Kier molecular flexibility index (Phi) is 7.24. The standard InChI is InChI=1S/C23H28ClN3O/c1-17(2)20-7-3-18(4-8-20)15-25-26-23(28)21-11-13-27(14-12-21)16-19-5-9-22(24)10-6-19/h3-10,15,17,21H,11-14,16H2,1-2H3,(H,26,28)/p+1/b25-15-. The number of rotatable bonds is 6. The number of hydrogen-bond donors (Lipinski definition) is 2. The molecule has 0 radical (unpaired) electrons. The van der Waals surface area contributed by atoms with Crippen LogP contribution < -0.4 is 10.3 Å². The van der Waals surface area contributed by atoms with Crippen molar-refractivity contribution in [2.75, 3.05) is 13.1 Å². The van der Waals surface area contributed by atoms with Crippen LogP contribution in [0, 0.1) is 5.92 Å². The average molecular weight is 399 g/mol. The number of nitrogens with zero attached hydrogens (tertiary/aromatic N) is 1. The Morgan fingerprint density at radius 3 is 2.39 bits per heavy atom. The van der Waals surface area contributed by atoms with Gasteiger partial charge in [-0.2, -0.15) is 5.10 Å². The van der Waals surface area contributed by atoms with Gasteiger partial charge in [0.25, 0.3) is 0 Å². The van der Waals surface area contributed by atoms with Gasteiger partial charge < -0.3 is 4.90 Å². The van der Waals surface area contributed by atoms with Crippen molar-refractivity contribution in [3.8, 4) is 0 Å². The molecule has 1 heterocycles. The third-order valence-corrected chi connectivity index (χ3v) is 5.67. The van der Waals surface area contributed by atoms with Crippen molar-refractivity contribution in [3.05, 3.63) is 70.2 Å². The number of quaternary nitrogens is 1. The monoisotopic (exact) mass is 398 g/mol. The van der Waals surface area contributed by atoms with Gasteiger partial charge in [0.15, 0.2) is 0 Å². The van der Waals surface area contributed by atoms with Crippen molar-refractivity contribution in [1.82, 2.24) is 5.43 Å². The molecule has 2 aromatic rings. The summed E-state index contributed by atoms with van der Waals surface area (Å²) in [5, 5.41) is 4.91. The zero-order valence-electron chi connectivity index (χ0n) is 16.6. The van der Waals surface area contributed by atoms with Crippen molar-refractivity contribution in [3.63, 3.8) is 0 Å². The van der Waals surface area contributed by atoms with Crippen LogP contribution in [0.3, 0.4) is 0 Å². The highest BCUT2D eigenvalue weighted by Crippen LogP contribution is 2.14. The minimum absolute atomic E-state index is 0.0283. The smallest absolute Gasteiger partial charge is 0.243 e. The van der Waals surface area contributed by atoms with Crippen LogP contribution in [-0.4, -0.2) is 25.2 Å². The molecule has 3 rings (SSSR count). The van der Waals surface area contributed by atoms with Crippen molar-refractivity contribution in [1.29, 1.82) is 0 Å². The molecule has 28 heavy (non-hydrogen) atoms. The number of nitrogens with one attached hydrogen (secondary N) is 2. The molecule has 5 heteroatoms. The summed E-state index contributed by atoms with van der Waals surface area (Å²) in [6.07, 6.45) is 3.50. The molecule has 0 bridgehead atoms. The first-order chi connectivity index (χ1) is 13.5. The summed E-state index contributed by atoms with van der Waals surface area (Å²) in [6.45, 7) is 7.33. The fourth-order valence-corrected chi connectivity index (χ4v) is 3.71. The molecule has 1 aliphatic rings. The zero-order chi connectivity index (χ0) is 19.9. The van der Waals surface area contributed by atoms with E-state index in [1.54, 1.807) is 6.21 Å². The lowest BCUT2D eigenvalue weighted by Crippen LogP contribution is -3.11. The first-order valence-corrected chi connectivity index (χ1v) is 10.4. The zero-order valence-corrected chi connectivity index (χ0v) is 17.4. The predicted octanol–water partition coefficient (Wildman–Crippen LogP) is 3.41. The van der Waals surface area contributed by atoms with E-state index in [9.17, 15) is 4.79 Å². The first kappa shape index (κ1) is 20.6. The van der Waals surface area contributed by atoms with E-state index in [4.69, 9.17) is 11.6 Å². The molecule has 0 spiro atoms. The van der Waals surface area contributed by atoms with E-state index in [0.29, 0.717) is 5.92 Å². The number of halogens is 1. The van der Waals surface area contributed by atoms with E-state index < -0.39 is 0 Å². The number of piperidine rings is 1. The molecule has 0 unspecified atom stereocenters. The van der Waals surface area contributed by atoms with Crippen LogP contribution in [0.4, 0.5) is 0 Å². The van der Waals surface area contributed by atoms with Gasteiger partial charge in [0.05, 0.1) is 25.2 Å². The molecule has 0 atom stereocenters. The van der Waals surface area contributed by atoms with Crippen molar-refractivity contribution >= 4 is 23.7 Å². The van der Waals surface area contributed by atoms with Gasteiger partial charge in [-0.25, -0.2) is 5.43 Å². The van der Waals surface area contributed by atoms with E-state index in [0.717, 1.165) is 43.1 Å². The van der Waals surface area contributed by atoms with E-state index in [1.165, 1.54) is 16.0 Å². The third-order valence-electron chi connectivity index (χ3n) is 5.42. The maximum atomic E-state index is 12.4. The summed E-state index contributed by atoms with van der Waals surface area (Å²) in [4.78, 5) is 13.9. The number of benzene rings is 2. The van der Waals surface area contributed by atoms with Gasteiger partial charge in [-0.05, 0) is 29.2 Å². The highest BCUT2D eigenvalue weighted by Gasteiger charge is 2.27. The van der Waals surface area contributed by atoms with Crippen LogP contribution in [0.25, 0.3) is 0 Å². The Hall–Kier alpha value is -2.17. The molecule has 1 fully saturated rings. The van der Waals surface area contributed by atoms with Crippen molar-refractivity contribution in [2.45, 2.75) is 39.2 Å². The molecule has 2 N–H and O–H groups in total. The van der Waals surface area contributed by atoms with E-state index in [2.05, 4.69) is 48.6 Å². The summed E-state index contributed by atoms with van der Waals surface area (Å²) in [7, 11) is 0. The molecule has 0 aromatic heterocycles. The van der Waals surface area contributed by atoms with Crippen LogP contribution in [0.2, 0.25) is 5.02 Å². The van der Waals surface area contributed by atoms with E-state index in [1.807, 2.05) is 24.3 Å². The molecule has 0 saturated carbocycles. The molecule has 2 aromatic carbocycles. The first-order valence-electron chi connectivity index (χ1n) is 10.0. The molecule has 1 aliphatic heterocycles. The Morgan fingerprint density at radius 1 is 1.14 bits per heavy atom. The van der Waals surface area contributed by atoms with E-state index in [-0.39, 0.29) is 11.8 Å². The van der Waals surface area contributed by atoms with Gasteiger partial charge in [-0.15, -0.1) is 0 Å². The second-order valence-corrected chi connectivity index (χ2v) is 8.32. The second-order valence-electron chi connectivity index (χ2n) is 7.88. The number of likely N-dealkylation sites (tertiary alicyclic amines) is 1. The summed E-state index contributed by atoms with van der Waals surface area (Å²) in [6, 6.07) is 16.3. The van der Waals surface area contributed by atoms with Gasteiger partial charge in [0.2, 0.25) is 5.91 Å². The Labute approximate surface area is 172 Å². The second kappa shape index (κ2) is 9.85. The number of amides is 1. The minimum atomic E-state index is 0.0283. The number of carbonyl (C=O) groups is 1. The topological polar surface area (TPSA) is 45.9 Å². The lowest BCUT2D eigenvalue weighted by molar-refractivity contribution is -0.919. The molecular weight excluding hydrogens is 370 g/mol. The van der Waals surface area contributed by atoms with Crippen LogP contribution in [0.1, 0.15) is 49.3 Å². The predicted molar refractivity (Wildman–Crippen MR) is 115 cm³/mol. The summed E-state index contributed by atoms with van der Waals surface area (Å²) < 4.78 is 0. The van der Waals surface area contributed by atoms with Gasteiger partial charge in [0.1, 0.15) is 6.54 Å². The van der Waals surface area contributed by atoms with Gasteiger partial charge in [0, 0.05) is 23.4 Å². The number of hydrogen-bond acceptors (Lipinski definition) is 2. The molecule has 1 saturated heterocycles. The molecule has 148 valence electrons. The van der Waals surface area contributed by atoms with Crippen LogP contribution in [0.5, 0.6) is 0 Å². The van der Waals surface area contributed by atoms with Gasteiger partial charge >= 0.3 is 0 Å². The van der Waals surface area contributed by atoms with Gasteiger partial charge in [-0.1, -0.05) is 61.8 Å². The highest BCUT2D eigenvalue weighted by atomic mass is 35.5. The van der Waals surface area contributed by atoms with Crippen LogP contribution >= 0.6 is 11.6 Å². The normalized spacial score (nSPS) is 19.9. The molecule has 4 nitrogen and oxygen atoms in total. The SMILES string of the molecule is CC(C)c1ccc(/C=N\NC(=O)C2CC[NH+](Cc3ccc(Cl)cc3)CC2)cc1. The highest BCUT2D eigenvalue weighted by molar-refractivity contribution is 6.30. The van der Waals surface area contributed by atoms with Crippen LogP contribution in [0.15, 0.2) is 53.6 Å². The van der Waals surface area contributed by atoms with Crippen molar-refractivity contribution in [2.24, 2.45) is 11.0 Å². The van der Waals surface area contributed by atoms with Gasteiger partial charge in [-0.3, -0.25) is 4.79 Å². The summed E-state index contributed by atoms with van der Waals surface area (Å²) >= 11 is 5.95. The maximum Gasteiger partial charge on any atom is 0.243 e. The Bertz CT molecular complexity index is 792. The molecular formula is C23H29ClN3O+. The Morgan fingerprint density at radius 2 is 1.79 bits per heavy atom. The molecule has 1 amide bonds. The minimum Gasteiger partial charge on any atom is -0.331 e. The quantitative estimate of drug-likeness (QED) is 0.568. The molecule has 0 aliphatic carbocycles. The Balaban J connectivity index is 1.42. The fraction of sp³-hybridized carbons (Fsp3) is 0.391. The fourth-order valence-electron chi connectivity index (χ4n) is 3.58. The van der Waals surface area contributed by atoms with E-state index >= 15 is 0 Å². The van der Waals surface area contributed by atoms with Crippen molar-refractivity contribution < 1.29 is 9.69 Å². The van der Waals surface area contributed by atoms with Crippen LogP contribution in [-0.2, 0) is 11.3 Å². The average Bonchev–Trinajstić information content (AvgIpc) is 2.70. The summed E-state index contributed by atoms with van der Waals surface area (Å²) in [5.74, 6) is 0.591. The maximum absolute atomic E-state index is 12.4. The third kappa shape index (κ3) is 5.91. The number of hydrazone groups is 1. The largest absolute Gasteiger partial charge is 0.331 e.